The van der Waals surface area contributed by atoms with Crippen molar-refractivity contribution in [2.24, 2.45) is 5.92 Å². The van der Waals surface area contributed by atoms with Crippen LogP contribution in [-0.4, -0.2) is 12.3 Å². The monoisotopic (exact) mass is 265 g/mol. The summed E-state index contributed by atoms with van der Waals surface area (Å²) in [4.78, 5) is 0. The Hall–Kier alpha value is -1.10. The summed E-state index contributed by atoms with van der Waals surface area (Å²) in [7, 11) is 0. The van der Waals surface area contributed by atoms with Gasteiger partial charge in [-0.05, 0) is 31.0 Å². The molecule has 0 aromatic heterocycles. The van der Waals surface area contributed by atoms with Crippen molar-refractivity contribution in [3.8, 4) is 5.75 Å². The molecule has 2 rings (SSSR count). The molecule has 1 aliphatic rings. The third-order valence-electron chi connectivity index (χ3n) is 2.58. The van der Waals surface area contributed by atoms with Gasteiger partial charge in [-0.25, -0.2) is 0 Å². The third kappa shape index (κ3) is 2.97. The summed E-state index contributed by atoms with van der Waals surface area (Å²) >= 11 is 5.78. The number of rotatable bonds is 3. The number of nitrogen functional groups attached to an aromatic ring is 1. The molecule has 0 spiro atoms. The maximum absolute atomic E-state index is 12.7. The summed E-state index contributed by atoms with van der Waals surface area (Å²) in [5.41, 5.74) is 5.84. The highest BCUT2D eigenvalue weighted by atomic mass is 35.5. The standard InChI is InChI=1S/C11H11ClF3NO/c12-8-5-7(16)3-4-9(8)17-10(6-1-2-6)11(13,14)15/h3-6,10H,1-2,16H2/t10-/m0/s1. The first-order valence-electron chi connectivity index (χ1n) is 5.16. The molecule has 2 N–H and O–H groups in total. The lowest BCUT2D eigenvalue weighted by Crippen LogP contribution is -2.36. The quantitative estimate of drug-likeness (QED) is 0.847. The number of halogens is 4. The number of hydrogen-bond acceptors (Lipinski definition) is 2. The van der Waals surface area contributed by atoms with Gasteiger partial charge in [0.1, 0.15) is 5.75 Å². The van der Waals surface area contributed by atoms with Crippen molar-refractivity contribution in [2.45, 2.75) is 25.1 Å². The van der Waals surface area contributed by atoms with E-state index in [1.165, 1.54) is 18.2 Å². The normalized spacial score (nSPS) is 17.9. The summed E-state index contributed by atoms with van der Waals surface area (Å²) in [5.74, 6) is -0.432. The fourth-order valence-corrected chi connectivity index (χ4v) is 1.81. The van der Waals surface area contributed by atoms with Crippen LogP contribution in [0.4, 0.5) is 18.9 Å². The molecule has 0 aliphatic heterocycles. The van der Waals surface area contributed by atoms with Crippen LogP contribution in [0.5, 0.6) is 5.75 Å². The second kappa shape index (κ2) is 4.29. The van der Waals surface area contributed by atoms with E-state index in [1.54, 1.807) is 0 Å². The van der Waals surface area contributed by atoms with Crippen molar-refractivity contribution in [3.63, 3.8) is 0 Å². The lowest BCUT2D eigenvalue weighted by atomic mass is 10.2. The molecule has 0 saturated heterocycles. The average Bonchev–Trinajstić information content (AvgIpc) is 2.98. The van der Waals surface area contributed by atoms with E-state index in [0.29, 0.717) is 18.5 Å². The third-order valence-corrected chi connectivity index (χ3v) is 2.88. The number of ether oxygens (including phenoxy) is 1. The highest BCUT2D eigenvalue weighted by Gasteiger charge is 2.51. The van der Waals surface area contributed by atoms with Crippen LogP contribution in [0.1, 0.15) is 12.8 Å². The molecule has 2 nitrogen and oxygen atoms in total. The summed E-state index contributed by atoms with van der Waals surface area (Å²) in [5, 5.41) is 0.0971. The van der Waals surface area contributed by atoms with E-state index in [1.807, 2.05) is 0 Å². The lowest BCUT2D eigenvalue weighted by Gasteiger charge is -2.22. The van der Waals surface area contributed by atoms with Crippen LogP contribution >= 0.6 is 11.6 Å². The molecule has 1 aliphatic carbocycles. The van der Waals surface area contributed by atoms with Gasteiger partial charge in [-0.2, -0.15) is 13.2 Å². The zero-order valence-corrected chi connectivity index (χ0v) is 9.55. The highest BCUT2D eigenvalue weighted by molar-refractivity contribution is 6.32. The smallest absolute Gasteiger partial charge is 0.425 e. The first-order valence-corrected chi connectivity index (χ1v) is 5.54. The molecule has 1 fully saturated rings. The van der Waals surface area contributed by atoms with Gasteiger partial charge in [-0.15, -0.1) is 0 Å². The molecule has 0 amide bonds. The van der Waals surface area contributed by atoms with Gasteiger partial charge in [0.25, 0.3) is 0 Å². The number of hydrogen-bond donors (Lipinski definition) is 1. The first kappa shape index (κ1) is 12.4. The second-order valence-electron chi connectivity index (χ2n) is 4.11. The Labute approximate surface area is 102 Å². The number of nitrogens with two attached hydrogens (primary N) is 1. The van der Waals surface area contributed by atoms with E-state index in [9.17, 15) is 13.2 Å². The van der Waals surface area contributed by atoms with Gasteiger partial charge >= 0.3 is 6.18 Å². The zero-order chi connectivity index (χ0) is 12.6. The fourth-order valence-electron chi connectivity index (χ4n) is 1.58. The molecule has 0 bridgehead atoms. The van der Waals surface area contributed by atoms with Gasteiger partial charge < -0.3 is 10.5 Å². The fraction of sp³-hybridized carbons (Fsp3) is 0.455. The predicted molar refractivity (Wildman–Crippen MR) is 59.1 cm³/mol. The SMILES string of the molecule is Nc1ccc(O[C@@H](C2CC2)C(F)(F)F)c(Cl)c1. The highest BCUT2D eigenvalue weighted by Crippen LogP contribution is 2.43. The molecule has 1 aromatic rings. The minimum absolute atomic E-state index is 0.0232. The minimum atomic E-state index is -4.37. The molecule has 1 saturated carbocycles. The zero-order valence-electron chi connectivity index (χ0n) is 8.80. The van der Waals surface area contributed by atoms with Gasteiger partial charge in [-0.3, -0.25) is 0 Å². The molecule has 0 unspecified atom stereocenters. The van der Waals surface area contributed by atoms with Gasteiger partial charge in [-0.1, -0.05) is 11.6 Å². The van der Waals surface area contributed by atoms with E-state index in [2.05, 4.69) is 0 Å². The first-order chi connectivity index (χ1) is 7.88. The van der Waals surface area contributed by atoms with Crippen LogP contribution in [0.2, 0.25) is 5.02 Å². The van der Waals surface area contributed by atoms with Gasteiger partial charge in [0.05, 0.1) is 5.02 Å². The van der Waals surface area contributed by atoms with Crippen molar-refractivity contribution in [1.29, 1.82) is 0 Å². The van der Waals surface area contributed by atoms with E-state index in [0.717, 1.165) is 0 Å². The van der Waals surface area contributed by atoms with Crippen LogP contribution in [-0.2, 0) is 0 Å². The summed E-state index contributed by atoms with van der Waals surface area (Å²) < 4.78 is 43.1. The Morgan fingerprint density at radius 1 is 1.35 bits per heavy atom. The molecular formula is C11H11ClF3NO. The Balaban J connectivity index is 2.17. The number of alkyl halides is 3. The lowest BCUT2D eigenvalue weighted by molar-refractivity contribution is -0.201. The van der Waals surface area contributed by atoms with Crippen molar-refractivity contribution >= 4 is 17.3 Å². The van der Waals surface area contributed by atoms with Crippen LogP contribution in [0, 0.1) is 5.92 Å². The van der Waals surface area contributed by atoms with Crippen molar-refractivity contribution in [3.05, 3.63) is 23.2 Å². The molecule has 1 atom stereocenters. The Kier molecular flexibility index (Phi) is 3.12. The van der Waals surface area contributed by atoms with Crippen LogP contribution in [0.25, 0.3) is 0 Å². The number of benzene rings is 1. The predicted octanol–water partition coefficient (Wildman–Crippen LogP) is 3.64. The van der Waals surface area contributed by atoms with E-state index in [4.69, 9.17) is 22.1 Å². The molecule has 0 heterocycles. The van der Waals surface area contributed by atoms with Crippen molar-refractivity contribution < 1.29 is 17.9 Å². The van der Waals surface area contributed by atoms with Crippen LogP contribution in [0.3, 0.4) is 0 Å². The molecule has 94 valence electrons. The maximum Gasteiger partial charge on any atom is 0.425 e. The van der Waals surface area contributed by atoms with Crippen LogP contribution < -0.4 is 10.5 Å². The molecule has 17 heavy (non-hydrogen) atoms. The van der Waals surface area contributed by atoms with Crippen molar-refractivity contribution in [2.75, 3.05) is 5.73 Å². The Morgan fingerprint density at radius 3 is 2.47 bits per heavy atom. The maximum atomic E-state index is 12.7. The van der Waals surface area contributed by atoms with E-state index < -0.39 is 18.2 Å². The Bertz CT molecular complexity index is 418. The topological polar surface area (TPSA) is 35.2 Å². The minimum Gasteiger partial charge on any atom is -0.479 e. The molecule has 0 radical (unpaired) electrons. The summed E-state index contributed by atoms with van der Waals surface area (Å²) in [6.45, 7) is 0. The molecular weight excluding hydrogens is 255 g/mol. The van der Waals surface area contributed by atoms with E-state index >= 15 is 0 Å². The number of anilines is 1. The molecule has 6 heteroatoms. The van der Waals surface area contributed by atoms with Gasteiger partial charge in [0, 0.05) is 11.6 Å². The van der Waals surface area contributed by atoms with Crippen molar-refractivity contribution in [1.82, 2.24) is 0 Å². The Morgan fingerprint density at radius 2 is 2.00 bits per heavy atom. The van der Waals surface area contributed by atoms with Gasteiger partial charge in [0.2, 0.25) is 0 Å². The van der Waals surface area contributed by atoms with Crippen LogP contribution in [0.15, 0.2) is 18.2 Å². The average molecular weight is 266 g/mol. The summed E-state index contributed by atoms with van der Waals surface area (Å²) in [6.07, 6.45) is -5.07. The van der Waals surface area contributed by atoms with E-state index in [-0.39, 0.29) is 10.8 Å². The summed E-state index contributed by atoms with van der Waals surface area (Å²) in [6, 6.07) is 4.19. The second-order valence-corrected chi connectivity index (χ2v) is 4.51. The molecule has 1 aromatic carbocycles. The van der Waals surface area contributed by atoms with Gasteiger partial charge in [0.15, 0.2) is 6.10 Å². The largest absolute Gasteiger partial charge is 0.479 e.